The number of rotatable bonds is 4. The zero-order valence-electron chi connectivity index (χ0n) is 14.5. The van der Waals surface area contributed by atoms with E-state index in [1.54, 1.807) is 12.1 Å². The van der Waals surface area contributed by atoms with Crippen LogP contribution in [-0.4, -0.2) is 42.1 Å². The molecule has 1 unspecified atom stereocenters. The molecular formula is C19H28FN3O. The van der Waals surface area contributed by atoms with E-state index in [4.69, 9.17) is 0 Å². The van der Waals surface area contributed by atoms with Gasteiger partial charge >= 0.3 is 0 Å². The van der Waals surface area contributed by atoms with Crippen molar-refractivity contribution in [3.63, 3.8) is 0 Å². The minimum atomic E-state index is -0.706. The second-order valence-electron chi connectivity index (χ2n) is 7.14. The van der Waals surface area contributed by atoms with Crippen LogP contribution < -0.4 is 5.32 Å². The number of aliphatic hydroxyl groups excluding tert-OH is 1. The molecule has 2 aliphatic rings. The predicted molar refractivity (Wildman–Crippen MR) is 94.4 cm³/mol. The van der Waals surface area contributed by atoms with Gasteiger partial charge in [0.05, 0.1) is 12.6 Å². The number of hydrogen-bond donors (Lipinski definition) is 2. The minimum absolute atomic E-state index is 0.289. The van der Waals surface area contributed by atoms with Crippen LogP contribution in [0.1, 0.15) is 50.7 Å². The first kappa shape index (κ1) is 17.2. The fourth-order valence-electron chi connectivity index (χ4n) is 4.04. The van der Waals surface area contributed by atoms with Crippen molar-refractivity contribution in [1.82, 2.24) is 10.2 Å². The molecule has 5 heteroatoms. The molecule has 0 aromatic heterocycles. The molecule has 1 spiro atoms. The average Bonchev–Trinajstić information content (AvgIpc) is 3.22. The summed E-state index contributed by atoms with van der Waals surface area (Å²) in [7, 11) is 0. The Morgan fingerprint density at radius 3 is 2.67 bits per heavy atom. The lowest BCUT2D eigenvalue weighted by Crippen LogP contribution is -2.41. The van der Waals surface area contributed by atoms with Crippen molar-refractivity contribution < 1.29 is 9.50 Å². The third-order valence-corrected chi connectivity index (χ3v) is 5.41. The highest BCUT2D eigenvalue weighted by Gasteiger charge is 2.41. The fraction of sp³-hybridized carbons (Fsp3) is 0.632. The molecule has 1 aliphatic carbocycles. The Morgan fingerprint density at radius 2 is 2.00 bits per heavy atom. The van der Waals surface area contributed by atoms with Gasteiger partial charge in [0.2, 0.25) is 0 Å². The molecule has 1 aromatic carbocycles. The average molecular weight is 333 g/mol. The summed E-state index contributed by atoms with van der Waals surface area (Å²) in [6.45, 7) is 5.28. The molecule has 1 heterocycles. The summed E-state index contributed by atoms with van der Waals surface area (Å²) in [4.78, 5) is 6.98. The Morgan fingerprint density at radius 1 is 1.29 bits per heavy atom. The van der Waals surface area contributed by atoms with Crippen LogP contribution in [0.25, 0.3) is 0 Å². The third-order valence-electron chi connectivity index (χ3n) is 5.41. The molecule has 0 amide bonds. The van der Waals surface area contributed by atoms with Crippen molar-refractivity contribution >= 4 is 5.96 Å². The van der Waals surface area contributed by atoms with E-state index in [1.165, 1.54) is 44.2 Å². The van der Waals surface area contributed by atoms with Gasteiger partial charge in [0, 0.05) is 19.6 Å². The van der Waals surface area contributed by atoms with Crippen LogP contribution in [0, 0.1) is 11.2 Å². The van der Waals surface area contributed by atoms with Crippen molar-refractivity contribution in [1.29, 1.82) is 0 Å². The lowest BCUT2D eigenvalue weighted by atomic mass is 9.86. The molecule has 1 aliphatic heterocycles. The van der Waals surface area contributed by atoms with Gasteiger partial charge in [-0.3, -0.25) is 4.99 Å². The maximum atomic E-state index is 13.0. The summed E-state index contributed by atoms with van der Waals surface area (Å²) in [5.41, 5.74) is 1.19. The zero-order valence-corrected chi connectivity index (χ0v) is 14.5. The summed E-state index contributed by atoms with van der Waals surface area (Å²) in [5.74, 6) is 0.601. The quantitative estimate of drug-likeness (QED) is 0.657. The van der Waals surface area contributed by atoms with E-state index < -0.39 is 6.10 Å². The van der Waals surface area contributed by atoms with Crippen LogP contribution in [0.4, 0.5) is 4.39 Å². The molecule has 1 atom stereocenters. The second kappa shape index (κ2) is 7.51. The zero-order chi connectivity index (χ0) is 17.0. The maximum Gasteiger partial charge on any atom is 0.194 e. The van der Waals surface area contributed by atoms with E-state index in [0.717, 1.165) is 25.6 Å². The Bertz CT molecular complexity index is 566. The van der Waals surface area contributed by atoms with Crippen LogP contribution in [0.5, 0.6) is 0 Å². The normalized spacial score (nSPS) is 21.5. The van der Waals surface area contributed by atoms with Crippen molar-refractivity contribution in [3.05, 3.63) is 35.6 Å². The van der Waals surface area contributed by atoms with Gasteiger partial charge < -0.3 is 15.3 Å². The van der Waals surface area contributed by atoms with Crippen LogP contribution in [0.2, 0.25) is 0 Å². The Kier molecular flexibility index (Phi) is 5.39. The second-order valence-corrected chi connectivity index (χ2v) is 7.14. The number of guanidine groups is 1. The molecule has 4 nitrogen and oxygen atoms in total. The van der Waals surface area contributed by atoms with Gasteiger partial charge in [-0.1, -0.05) is 25.0 Å². The highest BCUT2D eigenvalue weighted by molar-refractivity contribution is 5.80. The molecule has 1 saturated heterocycles. The standard InChI is InChI=1S/C19H28FN3O/c1-2-21-18(23-12-11-19(14-23)9-3-4-10-19)22-13-17(24)15-5-7-16(20)8-6-15/h5-8,17,24H,2-4,9-14H2,1H3,(H,21,22). The Balaban J connectivity index is 1.64. The highest BCUT2D eigenvalue weighted by atomic mass is 19.1. The first-order valence-corrected chi connectivity index (χ1v) is 9.09. The first-order chi connectivity index (χ1) is 11.6. The Labute approximate surface area is 143 Å². The topological polar surface area (TPSA) is 47.9 Å². The van der Waals surface area contributed by atoms with Gasteiger partial charge in [0.1, 0.15) is 5.82 Å². The molecule has 1 saturated carbocycles. The summed E-state index contributed by atoms with van der Waals surface area (Å²) in [6, 6.07) is 5.98. The SMILES string of the molecule is CCNC(=NCC(O)c1ccc(F)cc1)N1CCC2(CCCC2)C1. The number of aliphatic imine (C=N–C) groups is 1. The number of nitrogens with zero attached hydrogens (tertiary/aromatic N) is 2. The van der Waals surface area contributed by atoms with Gasteiger partial charge in [0.25, 0.3) is 0 Å². The highest BCUT2D eigenvalue weighted by Crippen LogP contribution is 2.45. The number of aliphatic hydroxyl groups is 1. The van der Waals surface area contributed by atoms with Crippen LogP contribution >= 0.6 is 0 Å². The van der Waals surface area contributed by atoms with Gasteiger partial charge in [-0.05, 0) is 49.3 Å². The number of halogens is 1. The van der Waals surface area contributed by atoms with E-state index in [0.29, 0.717) is 11.0 Å². The van der Waals surface area contributed by atoms with E-state index in [-0.39, 0.29) is 12.4 Å². The number of likely N-dealkylation sites (tertiary alicyclic amines) is 1. The smallest absolute Gasteiger partial charge is 0.194 e. The van der Waals surface area contributed by atoms with Crippen molar-refractivity contribution in [3.8, 4) is 0 Å². The molecule has 24 heavy (non-hydrogen) atoms. The van der Waals surface area contributed by atoms with E-state index in [2.05, 4.69) is 22.1 Å². The van der Waals surface area contributed by atoms with Crippen molar-refractivity contribution in [2.45, 2.75) is 45.1 Å². The van der Waals surface area contributed by atoms with Crippen molar-refractivity contribution in [2.24, 2.45) is 10.4 Å². The lowest BCUT2D eigenvalue weighted by Gasteiger charge is -2.26. The first-order valence-electron chi connectivity index (χ1n) is 9.09. The molecule has 3 rings (SSSR count). The maximum absolute atomic E-state index is 13.0. The van der Waals surface area contributed by atoms with Crippen LogP contribution in [0.3, 0.4) is 0 Å². The van der Waals surface area contributed by atoms with E-state index >= 15 is 0 Å². The predicted octanol–water partition coefficient (Wildman–Crippen LogP) is 3.09. The molecule has 2 fully saturated rings. The number of nitrogens with one attached hydrogen (secondary N) is 1. The van der Waals surface area contributed by atoms with Gasteiger partial charge in [-0.15, -0.1) is 0 Å². The van der Waals surface area contributed by atoms with E-state index in [9.17, 15) is 9.50 Å². The molecule has 0 bridgehead atoms. The van der Waals surface area contributed by atoms with Crippen LogP contribution in [-0.2, 0) is 0 Å². The molecule has 2 N–H and O–H groups in total. The molecule has 0 radical (unpaired) electrons. The van der Waals surface area contributed by atoms with Crippen molar-refractivity contribution in [2.75, 3.05) is 26.2 Å². The Hall–Kier alpha value is -1.62. The fourth-order valence-corrected chi connectivity index (χ4v) is 4.04. The molecule has 1 aromatic rings. The molecular weight excluding hydrogens is 305 g/mol. The van der Waals surface area contributed by atoms with E-state index in [1.807, 2.05) is 0 Å². The summed E-state index contributed by atoms with van der Waals surface area (Å²) in [5, 5.41) is 13.7. The molecule has 132 valence electrons. The monoisotopic (exact) mass is 333 g/mol. The lowest BCUT2D eigenvalue weighted by molar-refractivity contribution is 0.186. The number of benzene rings is 1. The largest absolute Gasteiger partial charge is 0.386 e. The van der Waals surface area contributed by atoms with Gasteiger partial charge in [-0.25, -0.2) is 4.39 Å². The third kappa shape index (κ3) is 3.89. The summed E-state index contributed by atoms with van der Waals surface area (Å²) >= 11 is 0. The minimum Gasteiger partial charge on any atom is -0.386 e. The van der Waals surface area contributed by atoms with Crippen LogP contribution in [0.15, 0.2) is 29.3 Å². The number of hydrogen-bond acceptors (Lipinski definition) is 2. The van der Waals surface area contributed by atoms with Gasteiger partial charge in [0.15, 0.2) is 5.96 Å². The summed E-state index contributed by atoms with van der Waals surface area (Å²) in [6.07, 6.45) is 5.91. The summed E-state index contributed by atoms with van der Waals surface area (Å²) < 4.78 is 13.0. The van der Waals surface area contributed by atoms with Gasteiger partial charge in [-0.2, -0.15) is 0 Å².